The largest absolute Gasteiger partial charge is 0.450 e. The highest BCUT2D eigenvalue weighted by atomic mass is 32.2. The van der Waals surface area contributed by atoms with Crippen LogP contribution in [0, 0.1) is 0 Å². The SMILES string of the molecule is CCOC(=O)Nc1ccc(NC(=O)C2CSCCN2)cc1. The predicted molar refractivity (Wildman–Crippen MR) is 84.8 cm³/mol. The molecule has 2 rings (SSSR count). The lowest BCUT2D eigenvalue weighted by Gasteiger charge is -2.22. The lowest BCUT2D eigenvalue weighted by atomic mass is 10.2. The van der Waals surface area contributed by atoms with Crippen molar-refractivity contribution < 1.29 is 14.3 Å². The maximum atomic E-state index is 12.0. The summed E-state index contributed by atoms with van der Waals surface area (Å²) in [5.41, 5.74) is 1.32. The van der Waals surface area contributed by atoms with Gasteiger partial charge >= 0.3 is 6.09 Å². The molecule has 0 radical (unpaired) electrons. The summed E-state index contributed by atoms with van der Waals surface area (Å²) in [6.07, 6.45) is -0.488. The monoisotopic (exact) mass is 309 g/mol. The van der Waals surface area contributed by atoms with Crippen LogP contribution in [-0.4, -0.2) is 42.7 Å². The molecule has 1 atom stereocenters. The molecule has 1 aliphatic rings. The number of nitrogens with one attached hydrogen (secondary N) is 3. The Kier molecular flexibility index (Phi) is 5.89. The predicted octanol–water partition coefficient (Wildman–Crippen LogP) is 1.90. The highest BCUT2D eigenvalue weighted by Crippen LogP contribution is 2.15. The molecule has 6 nitrogen and oxygen atoms in total. The third-order valence-electron chi connectivity index (χ3n) is 2.91. The van der Waals surface area contributed by atoms with Crippen LogP contribution in [0.5, 0.6) is 0 Å². The van der Waals surface area contributed by atoms with E-state index in [1.54, 1.807) is 43.0 Å². The Balaban J connectivity index is 1.86. The molecule has 21 heavy (non-hydrogen) atoms. The van der Waals surface area contributed by atoms with Crippen molar-refractivity contribution in [2.45, 2.75) is 13.0 Å². The van der Waals surface area contributed by atoms with Gasteiger partial charge in [0.15, 0.2) is 0 Å². The number of rotatable bonds is 4. The second kappa shape index (κ2) is 7.90. The topological polar surface area (TPSA) is 79.5 Å². The Morgan fingerprint density at radius 2 is 1.95 bits per heavy atom. The number of hydrogen-bond acceptors (Lipinski definition) is 5. The molecule has 1 aromatic rings. The van der Waals surface area contributed by atoms with Crippen LogP contribution in [0.1, 0.15) is 6.92 Å². The minimum atomic E-state index is -0.488. The van der Waals surface area contributed by atoms with Crippen molar-refractivity contribution in [3.05, 3.63) is 24.3 Å². The van der Waals surface area contributed by atoms with Gasteiger partial charge in [0, 0.05) is 29.4 Å². The zero-order valence-electron chi connectivity index (χ0n) is 11.8. The van der Waals surface area contributed by atoms with Crippen LogP contribution in [0.15, 0.2) is 24.3 Å². The highest BCUT2D eigenvalue weighted by Gasteiger charge is 2.20. The molecular weight excluding hydrogens is 290 g/mol. The van der Waals surface area contributed by atoms with Gasteiger partial charge in [-0.25, -0.2) is 4.79 Å². The van der Waals surface area contributed by atoms with E-state index in [0.29, 0.717) is 18.0 Å². The van der Waals surface area contributed by atoms with E-state index in [1.165, 1.54) is 0 Å². The van der Waals surface area contributed by atoms with E-state index in [4.69, 9.17) is 4.74 Å². The summed E-state index contributed by atoms with van der Waals surface area (Å²) < 4.78 is 4.79. The van der Waals surface area contributed by atoms with Crippen LogP contribution in [0.25, 0.3) is 0 Å². The average molecular weight is 309 g/mol. The van der Waals surface area contributed by atoms with Crippen molar-refractivity contribution in [2.75, 3.05) is 35.3 Å². The van der Waals surface area contributed by atoms with Crippen molar-refractivity contribution in [3.63, 3.8) is 0 Å². The van der Waals surface area contributed by atoms with E-state index < -0.39 is 6.09 Å². The van der Waals surface area contributed by atoms with Crippen LogP contribution in [-0.2, 0) is 9.53 Å². The van der Waals surface area contributed by atoms with Crippen molar-refractivity contribution in [2.24, 2.45) is 0 Å². The first-order valence-corrected chi connectivity index (χ1v) is 8.00. The van der Waals surface area contributed by atoms with Gasteiger partial charge in [-0.3, -0.25) is 10.1 Å². The van der Waals surface area contributed by atoms with E-state index >= 15 is 0 Å². The first-order valence-electron chi connectivity index (χ1n) is 6.85. The second-order valence-corrected chi connectivity index (χ2v) is 5.64. The number of amides is 2. The summed E-state index contributed by atoms with van der Waals surface area (Å²) in [7, 11) is 0. The van der Waals surface area contributed by atoms with Gasteiger partial charge in [0.2, 0.25) is 5.91 Å². The lowest BCUT2D eigenvalue weighted by Crippen LogP contribution is -2.46. The Labute approximate surface area is 128 Å². The van der Waals surface area contributed by atoms with Gasteiger partial charge < -0.3 is 15.4 Å². The number of carbonyl (C=O) groups is 2. The van der Waals surface area contributed by atoms with E-state index in [-0.39, 0.29) is 11.9 Å². The molecule has 1 aliphatic heterocycles. The fourth-order valence-corrected chi connectivity index (χ4v) is 2.82. The maximum Gasteiger partial charge on any atom is 0.411 e. The molecule has 0 aromatic heterocycles. The molecule has 1 fully saturated rings. The smallest absolute Gasteiger partial charge is 0.411 e. The Hall–Kier alpha value is -1.73. The summed E-state index contributed by atoms with van der Waals surface area (Å²) >= 11 is 1.77. The average Bonchev–Trinajstić information content (AvgIpc) is 2.50. The van der Waals surface area contributed by atoms with E-state index in [2.05, 4.69) is 16.0 Å². The molecule has 0 bridgehead atoms. The van der Waals surface area contributed by atoms with Crippen LogP contribution >= 0.6 is 11.8 Å². The second-order valence-electron chi connectivity index (χ2n) is 4.49. The van der Waals surface area contributed by atoms with E-state index in [9.17, 15) is 9.59 Å². The highest BCUT2D eigenvalue weighted by molar-refractivity contribution is 7.99. The van der Waals surface area contributed by atoms with E-state index in [0.717, 1.165) is 18.1 Å². The molecule has 114 valence electrons. The first-order chi connectivity index (χ1) is 10.2. The number of thioether (sulfide) groups is 1. The Bertz CT molecular complexity index is 487. The molecule has 3 N–H and O–H groups in total. The molecule has 1 heterocycles. The maximum absolute atomic E-state index is 12.0. The third-order valence-corrected chi connectivity index (χ3v) is 3.97. The van der Waals surface area contributed by atoms with Crippen molar-refractivity contribution >= 4 is 35.1 Å². The quantitative estimate of drug-likeness (QED) is 0.791. The van der Waals surface area contributed by atoms with Crippen molar-refractivity contribution in [1.82, 2.24) is 5.32 Å². The van der Waals surface area contributed by atoms with Gasteiger partial charge in [-0.2, -0.15) is 11.8 Å². The number of ether oxygens (including phenoxy) is 1. The third kappa shape index (κ3) is 4.95. The van der Waals surface area contributed by atoms with Crippen molar-refractivity contribution in [1.29, 1.82) is 0 Å². The number of benzene rings is 1. The minimum absolute atomic E-state index is 0.0340. The van der Waals surface area contributed by atoms with Crippen LogP contribution < -0.4 is 16.0 Å². The van der Waals surface area contributed by atoms with Gasteiger partial charge in [-0.05, 0) is 31.2 Å². The molecule has 0 saturated carbocycles. The number of hydrogen-bond donors (Lipinski definition) is 3. The number of anilines is 2. The summed E-state index contributed by atoms with van der Waals surface area (Å²) in [4.78, 5) is 23.3. The first kappa shape index (κ1) is 15.7. The van der Waals surface area contributed by atoms with Crippen LogP contribution in [0.4, 0.5) is 16.2 Å². The van der Waals surface area contributed by atoms with Gasteiger partial charge in [0.1, 0.15) is 0 Å². The summed E-state index contributed by atoms with van der Waals surface area (Å²) in [6, 6.07) is 6.77. The standard InChI is InChI=1S/C14H19N3O3S/c1-2-20-14(19)17-11-5-3-10(4-6-11)16-13(18)12-9-21-8-7-15-12/h3-6,12,15H,2,7-9H2,1H3,(H,16,18)(H,17,19). The number of carbonyl (C=O) groups excluding carboxylic acids is 2. The molecule has 0 aliphatic carbocycles. The zero-order chi connectivity index (χ0) is 15.1. The van der Waals surface area contributed by atoms with Crippen LogP contribution in [0.2, 0.25) is 0 Å². The fraction of sp³-hybridized carbons (Fsp3) is 0.429. The molecule has 0 spiro atoms. The van der Waals surface area contributed by atoms with Gasteiger partial charge in [0.25, 0.3) is 0 Å². The van der Waals surface area contributed by atoms with Crippen molar-refractivity contribution in [3.8, 4) is 0 Å². The Morgan fingerprint density at radius 1 is 1.29 bits per heavy atom. The zero-order valence-corrected chi connectivity index (χ0v) is 12.7. The van der Waals surface area contributed by atoms with Gasteiger partial charge in [-0.1, -0.05) is 0 Å². The molecule has 1 saturated heterocycles. The molecule has 1 unspecified atom stereocenters. The minimum Gasteiger partial charge on any atom is -0.450 e. The van der Waals surface area contributed by atoms with Crippen LogP contribution in [0.3, 0.4) is 0 Å². The molecular formula is C14H19N3O3S. The summed E-state index contributed by atoms with van der Waals surface area (Å²) in [5, 5.41) is 8.64. The molecule has 7 heteroatoms. The Morgan fingerprint density at radius 3 is 2.52 bits per heavy atom. The van der Waals surface area contributed by atoms with E-state index in [1.807, 2.05) is 0 Å². The normalized spacial score (nSPS) is 17.9. The fourth-order valence-electron chi connectivity index (χ4n) is 1.89. The summed E-state index contributed by atoms with van der Waals surface area (Å²) in [6.45, 7) is 2.92. The summed E-state index contributed by atoms with van der Waals surface area (Å²) in [5.74, 6) is 1.79. The van der Waals surface area contributed by atoms with Gasteiger partial charge in [0.05, 0.1) is 12.6 Å². The molecule has 2 amide bonds. The molecule has 1 aromatic carbocycles. The van der Waals surface area contributed by atoms with Gasteiger partial charge in [-0.15, -0.1) is 0 Å². The lowest BCUT2D eigenvalue weighted by molar-refractivity contribution is -0.117.